The van der Waals surface area contributed by atoms with Gasteiger partial charge in [-0.2, -0.15) is 0 Å². The average molecular weight is 1150 g/mol. The fourth-order valence-electron chi connectivity index (χ4n) is 18.0. The van der Waals surface area contributed by atoms with Gasteiger partial charge in [0.05, 0.1) is 28.4 Å². The van der Waals surface area contributed by atoms with E-state index in [1.54, 1.807) is 22.3 Å². The van der Waals surface area contributed by atoms with Crippen LogP contribution in [0.15, 0.2) is 115 Å². The molecule has 1 atom stereocenters. The van der Waals surface area contributed by atoms with Crippen LogP contribution in [0.2, 0.25) is 0 Å². The summed E-state index contributed by atoms with van der Waals surface area (Å²) >= 11 is 0. The summed E-state index contributed by atoms with van der Waals surface area (Å²) in [6.45, 7) is 56.8. The largest absolute Gasteiger partial charge is 0.309 e. The van der Waals surface area contributed by atoms with Gasteiger partial charge in [0.15, 0.2) is 0 Å². The van der Waals surface area contributed by atoms with Gasteiger partial charge >= 0.3 is 0 Å². The number of hydrogen-bond donors (Lipinski definition) is 0. The smallest absolute Gasteiger partial charge is 0.0542 e. The molecule has 2 heteroatoms. The summed E-state index contributed by atoms with van der Waals surface area (Å²) in [6.07, 6.45) is 8.08. The molecule has 87 heavy (non-hydrogen) atoms. The van der Waals surface area contributed by atoms with Crippen LogP contribution in [-0.2, 0) is 60.6 Å². The molecule has 0 radical (unpaired) electrons. The lowest BCUT2D eigenvalue weighted by Gasteiger charge is -2.50. The van der Waals surface area contributed by atoms with E-state index in [-0.39, 0.29) is 60.1 Å². The predicted octanol–water partition coefficient (Wildman–Crippen LogP) is 23.3. The van der Waals surface area contributed by atoms with Crippen LogP contribution < -0.4 is 9.80 Å². The summed E-state index contributed by atoms with van der Waals surface area (Å²) in [5, 5.41) is 0. The molecule has 0 saturated carbocycles. The minimum atomic E-state index is -0.280. The van der Waals surface area contributed by atoms with Gasteiger partial charge in [0.25, 0.3) is 0 Å². The van der Waals surface area contributed by atoms with Crippen molar-refractivity contribution in [1.82, 2.24) is 0 Å². The highest BCUT2D eigenvalue weighted by Crippen LogP contribution is 2.66. The third-order valence-corrected chi connectivity index (χ3v) is 24.3. The lowest BCUT2D eigenvalue weighted by molar-refractivity contribution is 0.329. The topological polar surface area (TPSA) is 6.48 Å². The van der Waals surface area contributed by atoms with Crippen LogP contribution in [0.4, 0.5) is 28.4 Å². The molecule has 7 aromatic carbocycles. The Hall–Kier alpha value is -6.12. The first kappa shape index (κ1) is 58.6. The summed E-state index contributed by atoms with van der Waals surface area (Å²) in [5.74, 6) is 0.0174. The number of benzene rings is 7. The maximum absolute atomic E-state index is 2.81. The third kappa shape index (κ3) is 8.49. The van der Waals surface area contributed by atoms with Crippen molar-refractivity contribution in [2.45, 2.75) is 264 Å². The Balaban J connectivity index is 1.11. The molecule has 2 aliphatic heterocycles. The van der Waals surface area contributed by atoms with Crippen LogP contribution >= 0.6 is 0 Å². The highest BCUT2D eigenvalue weighted by Gasteiger charge is 2.52. The van der Waals surface area contributed by atoms with Crippen molar-refractivity contribution in [2.75, 3.05) is 9.80 Å². The second-order valence-corrected chi connectivity index (χ2v) is 35.9. The minimum Gasteiger partial charge on any atom is -0.309 e. The van der Waals surface area contributed by atoms with Crippen molar-refractivity contribution >= 4 is 34.1 Å². The summed E-state index contributed by atoms with van der Waals surface area (Å²) in [5.41, 5.74) is 36.8. The highest BCUT2D eigenvalue weighted by molar-refractivity contribution is 6.04. The van der Waals surface area contributed by atoms with Crippen molar-refractivity contribution in [3.8, 4) is 11.1 Å². The van der Waals surface area contributed by atoms with E-state index in [0.29, 0.717) is 0 Å². The zero-order valence-corrected chi connectivity index (χ0v) is 57.8. The van der Waals surface area contributed by atoms with Gasteiger partial charge in [0.1, 0.15) is 0 Å². The van der Waals surface area contributed by atoms with E-state index in [1.807, 2.05) is 0 Å². The molecular formula is C85H102N2. The second kappa shape index (κ2) is 18.1. The molecule has 0 saturated heterocycles. The molecule has 7 aliphatic rings. The Morgan fingerprint density at radius 3 is 1.34 bits per heavy atom. The molecule has 0 spiro atoms. The van der Waals surface area contributed by atoms with E-state index in [0.717, 1.165) is 6.42 Å². The number of fused-ring (bicyclic) bond motifs is 10. The number of hydrogen-bond acceptors (Lipinski definition) is 2. The molecule has 0 N–H and O–H groups in total. The first-order chi connectivity index (χ1) is 40.2. The van der Waals surface area contributed by atoms with Gasteiger partial charge < -0.3 is 9.80 Å². The molecule has 0 bridgehead atoms. The van der Waals surface area contributed by atoms with Crippen LogP contribution in [0, 0.1) is 6.92 Å². The first-order valence-corrected chi connectivity index (χ1v) is 33.7. The van der Waals surface area contributed by atoms with Crippen molar-refractivity contribution in [2.24, 2.45) is 0 Å². The van der Waals surface area contributed by atoms with Crippen molar-refractivity contribution in [3.05, 3.63) is 209 Å². The second-order valence-electron chi connectivity index (χ2n) is 35.9. The number of aryl methyl sites for hydroxylation is 1. The summed E-state index contributed by atoms with van der Waals surface area (Å²) in [4.78, 5) is 5.59. The van der Waals surface area contributed by atoms with Crippen LogP contribution in [-0.4, -0.2) is 0 Å². The maximum atomic E-state index is 2.81. The number of rotatable bonds is 3. The molecule has 0 amide bonds. The van der Waals surface area contributed by atoms with Gasteiger partial charge in [-0.05, 0) is 238 Å². The molecule has 0 fully saturated rings. The van der Waals surface area contributed by atoms with E-state index in [4.69, 9.17) is 0 Å². The van der Waals surface area contributed by atoms with Crippen molar-refractivity contribution in [1.29, 1.82) is 0 Å². The van der Waals surface area contributed by atoms with E-state index in [1.165, 1.54) is 162 Å². The van der Waals surface area contributed by atoms with Gasteiger partial charge in [-0.3, -0.25) is 0 Å². The van der Waals surface area contributed by atoms with Crippen LogP contribution in [0.3, 0.4) is 0 Å². The summed E-state index contributed by atoms with van der Waals surface area (Å²) < 4.78 is 0. The number of nitrogens with zero attached hydrogens (tertiary/aromatic N) is 2. The van der Waals surface area contributed by atoms with Crippen LogP contribution in [0.1, 0.15) is 291 Å². The van der Waals surface area contributed by atoms with E-state index in [2.05, 4.69) is 278 Å². The first-order valence-electron chi connectivity index (χ1n) is 33.7. The lowest BCUT2D eigenvalue weighted by Crippen LogP contribution is -2.41. The quantitative estimate of drug-likeness (QED) is 0.174. The molecule has 2 nitrogen and oxygen atoms in total. The van der Waals surface area contributed by atoms with Crippen molar-refractivity contribution in [3.63, 3.8) is 0 Å². The Morgan fingerprint density at radius 1 is 0.368 bits per heavy atom. The molecule has 5 aliphatic carbocycles. The zero-order valence-electron chi connectivity index (χ0n) is 57.8. The summed E-state index contributed by atoms with van der Waals surface area (Å²) in [7, 11) is 0. The third-order valence-electron chi connectivity index (χ3n) is 24.3. The monoisotopic (exact) mass is 1150 g/mol. The number of allylic oxidation sites excluding steroid dienone is 1. The lowest BCUT2D eigenvalue weighted by atomic mass is 9.55. The van der Waals surface area contributed by atoms with Crippen LogP contribution in [0.25, 0.3) is 16.8 Å². The van der Waals surface area contributed by atoms with Crippen LogP contribution in [0.5, 0.6) is 0 Å². The standard InChI is InChI=1S/C85H102N2/c1-49-38-71-74-72(39-49)87(69-31-28-53(77(5,6)7)42-55(69)50-24-26-52(27-25-50)76(2,3)4)70-48-68-65(84(20,21)66-46-63-64(47-67(66)85(68,22)23)83(18,19)37-36-82(63,16)17)45-57(70)73(74)58-40-51-41-60-62(81(14,15)35-34-79(60,10)11)44-56(51)75(58)86(71)54-29-30-59-61(43-54)80(12,13)33-32-78(59,8)9/h24-31,38-39,41-48,73H,32-37,40H2,1-23H3. The van der Waals surface area contributed by atoms with Gasteiger partial charge in [0.2, 0.25) is 0 Å². The zero-order chi connectivity index (χ0) is 62.4. The van der Waals surface area contributed by atoms with Gasteiger partial charge in [-0.15, -0.1) is 0 Å². The molecular weight excluding hydrogens is 1050 g/mol. The minimum absolute atomic E-state index is 0.0174. The molecule has 14 rings (SSSR count). The van der Waals surface area contributed by atoms with Crippen molar-refractivity contribution < 1.29 is 0 Å². The molecule has 1 unspecified atom stereocenters. The van der Waals surface area contributed by atoms with E-state index < -0.39 is 0 Å². The normalized spacial score (nSPS) is 22.2. The van der Waals surface area contributed by atoms with E-state index in [9.17, 15) is 0 Å². The number of anilines is 5. The average Bonchev–Trinajstić information content (AvgIpc) is 1.67. The molecule has 2 heterocycles. The molecule has 452 valence electrons. The van der Waals surface area contributed by atoms with Gasteiger partial charge in [-0.1, -0.05) is 213 Å². The van der Waals surface area contributed by atoms with Gasteiger partial charge in [-0.25, -0.2) is 0 Å². The highest BCUT2D eigenvalue weighted by atomic mass is 15.2. The Bertz CT molecular complexity index is 4150. The van der Waals surface area contributed by atoms with Gasteiger partial charge in [0, 0.05) is 39.1 Å². The molecule has 7 aromatic rings. The SMILES string of the molecule is Cc1cc2c3c(c1)N(c1ccc(C(C)(C)C)cc1-c1ccc(C(C)(C)C)cc1)c1cc4c(cc1C3C1=C(c3cc5c(cc3C1)C(C)(C)CCC5(C)C)N2c1ccc2c(c1)C(C)(C)CCC2(C)C)C(C)(C)c1cc2c(cc1C4(C)C)C(C)(C)CCC2(C)C. The Labute approximate surface area is 525 Å². The summed E-state index contributed by atoms with van der Waals surface area (Å²) in [6, 6.07) is 46.4. The fourth-order valence-corrected chi connectivity index (χ4v) is 18.0. The Morgan fingerprint density at radius 2 is 0.816 bits per heavy atom. The molecule has 0 aromatic heterocycles. The Kier molecular flexibility index (Phi) is 12.2. The predicted molar refractivity (Wildman–Crippen MR) is 373 cm³/mol. The van der Waals surface area contributed by atoms with E-state index >= 15 is 0 Å². The maximum Gasteiger partial charge on any atom is 0.0542 e. The fraction of sp³-hybridized carbons (Fsp3) is 0.482.